The molecule has 39 heavy (non-hydrogen) atoms. The SMILES string of the molecule is CCOC[C@H](Oc1ccc(C(=O)c2cn(CCCC(=O)O)c3ccccc23)cc1)c1ccc(CC(C)C)cc1. The number of carbonyl (C=O) groups is 2. The second-order valence-corrected chi connectivity index (χ2v) is 10.2. The molecule has 1 aromatic heterocycles. The Morgan fingerprint density at radius 2 is 1.67 bits per heavy atom. The summed E-state index contributed by atoms with van der Waals surface area (Å²) in [5, 5.41) is 9.85. The number of aliphatic carboxylic acids is 1. The van der Waals surface area contributed by atoms with Crippen LogP contribution in [0.1, 0.15) is 66.8 Å². The van der Waals surface area contributed by atoms with Crippen molar-refractivity contribution in [2.75, 3.05) is 13.2 Å². The van der Waals surface area contributed by atoms with Gasteiger partial charge in [-0.2, -0.15) is 0 Å². The maximum absolute atomic E-state index is 13.5. The Balaban J connectivity index is 1.51. The van der Waals surface area contributed by atoms with Gasteiger partial charge in [0, 0.05) is 47.8 Å². The first-order chi connectivity index (χ1) is 18.9. The van der Waals surface area contributed by atoms with Gasteiger partial charge in [-0.1, -0.05) is 56.3 Å². The Labute approximate surface area is 230 Å². The second kappa shape index (κ2) is 13.3. The molecule has 4 rings (SSSR count). The molecule has 0 saturated carbocycles. The summed E-state index contributed by atoms with van der Waals surface area (Å²) in [5.74, 6) is 0.359. The number of hydrogen-bond donors (Lipinski definition) is 1. The maximum Gasteiger partial charge on any atom is 0.303 e. The van der Waals surface area contributed by atoms with E-state index in [1.54, 1.807) is 12.1 Å². The number of aromatic nitrogens is 1. The largest absolute Gasteiger partial charge is 0.483 e. The molecule has 0 bridgehead atoms. The fourth-order valence-electron chi connectivity index (χ4n) is 4.78. The lowest BCUT2D eigenvalue weighted by Gasteiger charge is -2.20. The Morgan fingerprint density at radius 3 is 2.33 bits per heavy atom. The third-order valence-electron chi connectivity index (χ3n) is 6.69. The fraction of sp³-hybridized carbons (Fsp3) is 0.333. The Morgan fingerprint density at radius 1 is 0.949 bits per heavy atom. The molecule has 1 heterocycles. The number of ketones is 1. The smallest absolute Gasteiger partial charge is 0.303 e. The van der Waals surface area contributed by atoms with E-state index in [0.29, 0.717) is 49.0 Å². The number of carboxylic acid groups (broad SMARTS) is 1. The highest BCUT2D eigenvalue weighted by molar-refractivity contribution is 6.16. The summed E-state index contributed by atoms with van der Waals surface area (Å²) in [4.78, 5) is 24.4. The van der Waals surface area contributed by atoms with E-state index in [1.165, 1.54) is 5.56 Å². The van der Waals surface area contributed by atoms with Crippen LogP contribution in [0.25, 0.3) is 10.9 Å². The van der Waals surface area contributed by atoms with Gasteiger partial charge >= 0.3 is 5.97 Å². The topological polar surface area (TPSA) is 77.8 Å². The van der Waals surface area contributed by atoms with Crippen LogP contribution in [0.3, 0.4) is 0 Å². The van der Waals surface area contributed by atoms with Crippen LogP contribution in [0, 0.1) is 5.92 Å². The number of aryl methyl sites for hydroxylation is 1. The quantitative estimate of drug-likeness (QED) is 0.177. The van der Waals surface area contributed by atoms with Gasteiger partial charge in [0.2, 0.25) is 0 Å². The molecule has 0 amide bonds. The summed E-state index contributed by atoms with van der Waals surface area (Å²) in [6.07, 6.45) is 3.19. The molecule has 0 aliphatic carbocycles. The lowest BCUT2D eigenvalue weighted by Crippen LogP contribution is -2.15. The molecular weight excluding hydrogens is 490 g/mol. The van der Waals surface area contributed by atoms with E-state index in [0.717, 1.165) is 22.9 Å². The highest BCUT2D eigenvalue weighted by Gasteiger charge is 2.18. The number of ether oxygens (including phenoxy) is 2. The molecule has 1 atom stereocenters. The van der Waals surface area contributed by atoms with Crippen molar-refractivity contribution in [3.8, 4) is 5.75 Å². The molecule has 0 aliphatic heterocycles. The van der Waals surface area contributed by atoms with Crippen molar-refractivity contribution < 1.29 is 24.2 Å². The van der Waals surface area contributed by atoms with Crippen molar-refractivity contribution in [1.82, 2.24) is 4.57 Å². The third-order valence-corrected chi connectivity index (χ3v) is 6.69. The number of rotatable bonds is 14. The van der Waals surface area contributed by atoms with Gasteiger partial charge in [0.25, 0.3) is 0 Å². The van der Waals surface area contributed by atoms with E-state index in [-0.39, 0.29) is 18.3 Å². The van der Waals surface area contributed by atoms with Crippen molar-refractivity contribution in [2.24, 2.45) is 5.92 Å². The minimum Gasteiger partial charge on any atom is -0.483 e. The van der Waals surface area contributed by atoms with Crippen LogP contribution >= 0.6 is 0 Å². The third kappa shape index (κ3) is 7.36. The lowest BCUT2D eigenvalue weighted by atomic mass is 10.0. The summed E-state index contributed by atoms with van der Waals surface area (Å²) in [6, 6.07) is 23.5. The Kier molecular flexibility index (Phi) is 9.55. The van der Waals surface area contributed by atoms with Crippen LogP contribution in [0.15, 0.2) is 79.0 Å². The van der Waals surface area contributed by atoms with E-state index in [2.05, 4.69) is 38.1 Å². The van der Waals surface area contributed by atoms with Crippen LogP contribution in [0.2, 0.25) is 0 Å². The minimum absolute atomic E-state index is 0.0821. The number of benzene rings is 3. The predicted octanol–water partition coefficient (Wildman–Crippen LogP) is 7.09. The number of fused-ring (bicyclic) bond motifs is 1. The van der Waals surface area contributed by atoms with Gasteiger partial charge in [-0.3, -0.25) is 9.59 Å². The van der Waals surface area contributed by atoms with Gasteiger partial charge in [0.1, 0.15) is 11.9 Å². The lowest BCUT2D eigenvalue weighted by molar-refractivity contribution is -0.137. The molecule has 0 unspecified atom stereocenters. The molecule has 1 N–H and O–H groups in total. The summed E-state index contributed by atoms with van der Waals surface area (Å²) >= 11 is 0. The predicted molar refractivity (Wildman–Crippen MR) is 154 cm³/mol. The molecule has 6 nitrogen and oxygen atoms in total. The van der Waals surface area contributed by atoms with Crippen LogP contribution in [-0.4, -0.2) is 34.6 Å². The number of carboxylic acids is 1. The molecule has 4 aromatic rings. The molecular formula is C33H37NO5. The van der Waals surface area contributed by atoms with Crippen molar-refractivity contribution in [3.63, 3.8) is 0 Å². The molecule has 6 heteroatoms. The van der Waals surface area contributed by atoms with E-state index in [1.807, 2.05) is 54.1 Å². The number of hydrogen-bond acceptors (Lipinski definition) is 4. The number of nitrogens with zero attached hydrogens (tertiary/aromatic N) is 1. The maximum atomic E-state index is 13.5. The van der Waals surface area contributed by atoms with Gasteiger partial charge in [-0.15, -0.1) is 0 Å². The van der Waals surface area contributed by atoms with E-state index in [9.17, 15) is 9.59 Å². The summed E-state index contributed by atoms with van der Waals surface area (Å²) in [7, 11) is 0. The molecule has 3 aromatic carbocycles. The van der Waals surface area contributed by atoms with Gasteiger partial charge < -0.3 is 19.1 Å². The number of carbonyl (C=O) groups excluding carboxylic acids is 1. The van der Waals surface area contributed by atoms with Crippen LogP contribution in [-0.2, 0) is 22.5 Å². The normalized spacial score (nSPS) is 12.1. The molecule has 0 fully saturated rings. The van der Waals surface area contributed by atoms with E-state index in [4.69, 9.17) is 14.6 Å². The first-order valence-electron chi connectivity index (χ1n) is 13.6. The van der Waals surface area contributed by atoms with E-state index < -0.39 is 5.97 Å². The van der Waals surface area contributed by atoms with Gasteiger partial charge in [-0.25, -0.2) is 0 Å². The molecule has 0 radical (unpaired) electrons. The van der Waals surface area contributed by atoms with Crippen LogP contribution < -0.4 is 4.74 Å². The Hall–Kier alpha value is -3.90. The standard InChI is InChI=1S/C33H37NO5/c1-4-38-22-31(25-13-11-24(12-14-25)20-23(2)3)39-27-17-15-26(16-18-27)33(37)29-21-34(19-7-10-32(35)36)30-9-6-5-8-28(29)30/h5-6,8-9,11-18,21,23,31H,4,7,10,19-20,22H2,1-3H3,(H,35,36)/t31-/m0/s1. The summed E-state index contributed by atoms with van der Waals surface area (Å²) in [5.41, 5.74) is 4.44. The van der Waals surface area contributed by atoms with Crippen LogP contribution in [0.4, 0.5) is 0 Å². The zero-order valence-corrected chi connectivity index (χ0v) is 22.9. The monoisotopic (exact) mass is 527 g/mol. The van der Waals surface area contributed by atoms with Crippen molar-refractivity contribution in [2.45, 2.75) is 52.7 Å². The fourth-order valence-corrected chi connectivity index (χ4v) is 4.78. The molecule has 204 valence electrons. The van der Waals surface area contributed by atoms with Crippen molar-refractivity contribution >= 4 is 22.7 Å². The van der Waals surface area contributed by atoms with E-state index >= 15 is 0 Å². The first kappa shape index (κ1) is 28.1. The number of para-hydroxylation sites is 1. The van der Waals surface area contributed by atoms with Gasteiger partial charge in [0.15, 0.2) is 5.78 Å². The average Bonchev–Trinajstić information content (AvgIpc) is 3.29. The highest BCUT2D eigenvalue weighted by atomic mass is 16.5. The van der Waals surface area contributed by atoms with Gasteiger partial charge in [0.05, 0.1) is 6.61 Å². The van der Waals surface area contributed by atoms with Crippen molar-refractivity contribution in [1.29, 1.82) is 0 Å². The Bertz CT molecular complexity index is 1390. The highest BCUT2D eigenvalue weighted by Crippen LogP contribution is 2.27. The second-order valence-electron chi connectivity index (χ2n) is 10.2. The molecule has 0 spiro atoms. The van der Waals surface area contributed by atoms with Crippen LogP contribution in [0.5, 0.6) is 5.75 Å². The first-order valence-corrected chi connectivity index (χ1v) is 13.6. The summed E-state index contributed by atoms with van der Waals surface area (Å²) < 4.78 is 14.0. The molecule has 0 saturated heterocycles. The zero-order valence-electron chi connectivity index (χ0n) is 22.9. The minimum atomic E-state index is -0.822. The van der Waals surface area contributed by atoms with Gasteiger partial charge in [-0.05, 0) is 67.1 Å². The van der Waals surface area contributed by atoms with Crippen molar-refractivity contribution in [3.05, 3.63) is 101 Å². The summed E-state index contributed by atoms with van der Waals surface area (Å²) in [6.45, 7) is 7.96. The average molecular weight is 528 g/mol. The zero-order chi connectivity index (χ0) is 27.8. The molecule has 0 aliphatic rings.